The van der Waals surface area contributed by atoms with E-state index in [0.717, 1.165) is 29.3 Å². The van der Waals surface area contributed by atoms with Crippen LogP contribution in [-0.4, -0.2) is 15.2 Å². The average Bonchev–Trinajstić information content (AvgIpc) is 2.96. The van der Waals surface area contributed by atoms with Crippen molar-refractivity contribution in [3.63, 3.8) is 0 Å². The fraction of sp³-hybridized carbons (Fsp3) is 0.588. The minimum absolute atomic E-state index is 0.163. The van der Waals surface area contributed by atoms with Crippen LogP contribution in [0.15, 0.2) is 28.9 Å². The van der Waals surface area contributed by atoms with Gasteiger partial charge in [-0.1, -0.05) is 5.10 Å². The molecule has 4 aliphatic carbocycles. The number of hydrogen-bond acceptors (Lipinski definition) is 5. The molecule has 4 bridgehead atoms. The third-order valence-electron chi connectivity index (χ3n) is 5.83. The molecule has 6 rings (SSSR count). The molecule has 114 valence electrons. The lowest BCUT2D eigenvalue weighted by atomic mass is 9.49. The van der Waals surface area contributed by atoms with E-state index in [1.165, 1.54) is 38.5 Å². The van der Waals surface area contributed by atoms with Gasteiger partial charge in [0, 0.05) is 11.6 Å². The molecule has 4 saturated carbocycles. The molecule has 0 atom stereocenters. The van der Waals surface area contributed by atoms with Crippen molar-refractivity contribution in [2.75, 3.05) is 5.32 Å². The number of aromatic nitrogens is 3. The Labute approximate surface area is 129 Å². The summed E-state index contributed by atoms with van der Waals surface area (Å²) < 4.78 is 6.01. The van der Waals surface area contributed by atoms with Crippen LogP contribution in [0.5, 0.6) is 0 Å². The Morgan fingerprint density at radius 3 is 2.41 bits per heavy atom. The Morgan fingerprint density at radius 1 is 1.05 bits per heavy atom. The molecule has 0 saturated heterocycles. The third-order valence-corrected chi connectivity index (χ3v) is 5.83. The molecule has 0 radical (unpaired) electrons. The molecule has 2 heterocycles. The lowest BCUT2D eigenvalue weighted by molar-refractivity contribution is -0.0175. The first-order valence-corrected chi connectivity index (χ1v) is 8.30. The Bertz CT molecular complexity index is 646. The summed E-state index contributed by atoms with van der Waals surface area (Å²) in [7, 11) is 0. The van der Waals surface area contributed by atoms with E-state index in [4.69, 9.17) is 4.42 Å². The van der Waals surface area contributed by atoms with Crippen LogP contribution in [0.4, 0.5) is 11.7 Å². The summed E-state index contributed by atoms with van der Waals surface area (Å²) in [4.78, 5) is 4.09. The number of anilines is 2. The highest BCUT2D eigenvalue weighted by molar-refractivity contribution is 5.49. The molecular formula is C17H20N4O. The van der Waals surface area contributed by atoms with Crippen LogP contribution in [0.1, 0.15) is 44.4 Å². The molecule has 2 aromatic heterocycles. The molecule has 5 heteroatoms. The second-order valence-electron chi connectivity index (χ2n) is 7.48. The zero-order chi connectivity index (χ0) is 14.6. The monoisotopic (exact) mass is 296 g/mol. The van der Waals surface area contributed by atoms with Crippen molar-refractivity contribution in [2.45, 2.75) is 43.9 Å². The number of nitrogens with one attached hydrogen (secondary N) is 1. The maximum absolute atomic E-state index is 6.01. The minimum atomic E-state index is 0.163. The van der Waals surface area contributed by atoms with E-state index in [-0.39, 0.29) is 5.41 Å². The Balaban J connectivity index is 1.42. The lowest BCUT2D eigenvalue weighted by Crippen LogP contribution is -2.48. The fourth-order valence-corrected chi connectivity index (χ4v) is 5.42. The van der Waals surface area contributed by atoms with Crippen LogP contribution >= 0.6 is 0 Å². The van der Waals surface area contributed by atoms with Gasteiger partial charge >= 0.3 is 6.01 Å². The predicted octanol–water partition coefficient (Wildman–Crippen LogP) is 3.68. The zero-order valence-corrected chi connectivity index (χ0v) is 12.5. The van der Waals surface area contributed by atoms with E-state index < -0.39 is 0 Å². The summed E-state index contributed by atoms with van der Waals surface area (Å²) in [6.45, 7) is 0. The highest BCUT2D eigenvalue weighted by Crippen LogP contribution is 2.60. The van der Waals surface area contributed by atoms with Crippen LogP contribution in [-0.2, 0) is 5.41 Å². The molecule has 0 aliphatic heterocycles. The fourth-order valence-electron chi connectivity index (χ4n) is 5.42. The first-order chi connectivity index (χ1) is 10.8. The number of hydrogen-bond donors (Lipinski definition) is 1. The van der Waals surface area contributed by atoms with Crippen LogP contribution in [0.25, 0.3) is 0 Å². The summed E-state index contributed by atoms with van der Waals surface area (Å²) in [6.07, 6.45) is 11.5. The van der Waals surface area contributed by atoms with Gasteiger partial charge in [-0.05, 0) is 68.4 Å². The highest BCUT2D eigenvalue weighted by Gasteiger charge is 2.54. The van der Waals surface area contributed by atoms with E-state index in [1.54, 1.807) is 12.4 Å². The van der Waals surface area contributed by atoms with E-state index in [0.29, 0.717) is 6.01 Å². The van der Waals surface area contributed by atoms with Crippen molar-refractivity contribution in [2.24, 2.45) is 17.8 Å². The zero-order valence-electron chi connectivity index (χ0n) is 12.5. The molecule has 4 aliphatic rings. The van der Waals surface area contributed by atoms with Gasteiger partial charge in [-0.25, -0.2) is 0 Å². The topological polar surface area (TPSA) is 63.8 Å². The van der Waals surface area contributed by atoms with Gasteiger partial charge < -0.3 is 9.73 Å². The normalized spacial score (nSPS) is 35.7. The molecule has 0 spiro atoms. The lowest BCUT2D eigenvalue weighted by Gasteiger charge is -2.55. The molecule has 4 fully saturated rings. The summed E-state index contributed by atoms with van der Waals surface area (Å²) in [5, 5.41) is 11.8. The van der Waals surface area contributed by atoms with Gasteiger partial charge in [0.05, 0.1) is 11.9 Å². The van der Waals surface area contributed by atoms with Crippen molar-refractivity contribution in [1.82, 2.24) is 15.2 Å². The van der Waals surface area contributed by atoms with Gasteiger partial charge in [-0.15, -0.1) is 5.10 Å². The first kappa shape index (κ1) is 12.6. The maximum Gasteiger partial charge on any atom is 0.320 e. The van der Waals surface area contributed by atoms with Crippen molar-refractivity contribution >= 4 is 11.7 Å². The first-order valence-electron chi connectivity index (χ1n) is 8.30. The molecular weight excluding hydrogens is 276 g/mol. The molecule has 0 aromatic carbocycles. The largest absolute Gasteiger partial charge is 0.407 e. The van der Waals surface area contributed by atoms with Crippen LogP contribution in [0, 0.1) is 17.8 Å². The van der Waals surface area contributed by atoms with Crippen molar-refractivity contribution in [3.05, 3.63) is 30.4 Å². The van der Waals surface area contributed by atoms with Gasteiger partial charge in [0.1, 0.15) is 0 Å². The van der Waals surface area contributed by atoms with E-state index >= 15 is 0 Å². The number of nitrogens with zero attached hydrogens (tertiary/aromatic N) is 3. The second-order valence-corrected chi connectivity index (χ2v) is 7.48. The maximum atomic E-state index is 6.01. The Kier molecular flexibility index (Phi) is 2.60. The molecule has 5 nitrogen and oxygen atoms in total. The van der Waals surface area contributed by atoms with Crippen LogP contribution < -0.4 is 5.32 Å². The molecule has 2 aromatic rings. The molecule has 1 N–H and O–H groups in total. The van der Waals surface area contributed by atoms with Crippen molar-refractivity contribution < 1.29 is 4.42 Å². The Morgan fingerprint density at radius 2 is 1.77 bits per heavy atom. The van der Waals surface area contributed by atoms with E-state index in [1.807, 2.05) is 12.1 Å². The quantitative estimate of drug-likeness (QED) is 0.936. The average molecular weight is 296 g/mol. The van der Waals surface area contributed by atoms with Crippen molar-refractivity contribution in [3.8, 4) is 0 Å². The molecule has 0 amide bonds. The van der Waals surface area contributed by atoms with Crippen LogP contribution in [0.3, 0.4) is 0 Å². The summed E-state index contributed by atoms with van der Waals surface area (Å²) >= 11 is 0. The van der Waals surface area contributed by atoms with Gasteiger partial charge in [0.25, 0.3) is 0 Å². The predicted molar refractivity (Wildman–Crippen MR) is 81.7 cm³/mol. The Hall–Kier alpha value is -1.91. The minimum Gasteiger partial charge on any atom is -0.407 e. The van der Waals surface area contributed by atoms with Crippen LogP contribution in [0.2, 0.25) is 0 Å². The highest BCUT2D eigenvalue weighted by atomic mass is 16.4. The van der Waals surface area contributed by atoms with Gasteiger partial charge in [-0.2, -0.15) is 0 Å². The molecule has 22 heavy (non-hydrogen) atoms. The van der Waals surface area contributed by atoms with Gasteiger partial charge in [0.2, 0.25) is 5.89 Å². The standard InChI is InChI=1S/C17H20N4O/c1-2-14(10-18-3-1)19-16-21-20-15(22-16)17-7-11-4-12(8-17)6-13(5-11)9-17/h1-3,10-13H,4-9H2,(H,19,21). The summed E-state index contributed by atoms with van der Waals surface area (Å²) in [6, 6.07) is 4.32. The van der Waals surface area contributed by atoms with E-state index in [9.17, 15) is 0 Å². The summed E-state index contributed by atoms with van der Waals surface area (Å²) in [5.74, 6) is 3.51. The van der Waals surface area contributed by atoms with Gasteiger partial charge in [-0.3, -0.25) is 4.98 Å². The van der Waals surface area contributed by atoms with Gasteiger partial charge in [0.15, 0.2) is 0 Å². The van der Waals surface area contributed by atoms with E-state index in [2.05, 4.69) is 20.5 Å². The number of pyridine rings is 1. The number of rotatable bonds is 3. The smallest absolute Gasteiger partial charge is 0.320 e. The molecule has 0 unspecified atom stereocenters. The third kappa shape index (κ3) is 1.95. The summed E-state index contributed by atoms with van der Waals surface area (Å²) in [5.41, 5.74) is 1.04. The van der Waals surface area contributed by atoms with Crippen molar-refractivity contribution in [1.29, 1.82) is 0 Å². The second kappa shape index (κ2) is 4.54. The SMILES string of the molecule is c1cncc(Nc2nnc(C34CC5CC(CC(C5)C3)C4)o2)c1.